The predicted molar refractivity (Wildman–Crippen MR) is 133 cm³/mol. The van der Waals surface area contributed by atoms with Crippen molar-refractivity contribution in [1.29, 1.82) is 0 Å². The third-order valence-corrected chi connectivity index (χ3v) is 5.76. The van der Waals surface area contributed by atoms with Crippen LogP contribution in [0.3, 0.4) is 0 Å². The number of anilines is 2. The number of amides is 1. The van der Waals surface area contributed by atoms with E-state index in [1.165, 1.54) is 24.3 Å². The highest BCUT2D eigenvalue weighted by Crippen LogP contribution is 2.30. The molecule has 0 spiro atoms. The highest BCUT2D eigenvalue weighted by atomic mass is 35.5. The monoisotopic (exact) mass is 552 g/mol. The van der Waals surface area contributed by atoms with E-state index in [0.29, 0.717) is 26.3 Å². The Hall–Kier alpha value is -3.97. The molecule has 1 amide bonds. The lowest BCUT2D eigenvalue weighted by Crippen LogP contribution is -2.37. The van der Waals surface area contributed by atoms with Crippen LogP contribution in [0.5, 0.6) is 5.75 Å². The van der Waals surface area contributed by atoms with Gasteiger partial charge in [0.05, 0.1) is 36.2 Å². The van der Waals surface area contributed by atoms with Gasteiger partial charge < -0.3 is 20.1 Å². The van der Waals surface area contributed by atoms with Crippen LogP contribution in [0, 0.1) is 5.82 Å². The number of phenols is 1. The Kier molecular flexibility index (Phi) is 8.27. The van der Waals surface area contributed by atoms with Gasteiger partial charge in [0.2, 0.25) is 5.95 Å². The molecule has 1 aromatic heterocycles. The van der Waals surface area contributed by atoms with E-state index >= 15 is 0 Å². The van der Waals surface area contributed by atoms with E-state index in [2.05, 4.69) is 25.8 Å². The minimum absolute atomic E-state index is 0.0109. The number of morpholine rings is 1. The van der Waals surface area contributed by atoms with Gasteiger partial charge in [-0.3, -0.25) is 4.79 Å². The molecule has 1 aliphatic carbocycles. The molecule has 0 unspecified atom stereocenters. The Bertz CT molecular complexity index is 1340. The number of hydrazone groups is 1. The minimum Gasteiger partial charge on any atom is -0.506 e. The van der Waals surface area contributed by atoms with E-state index in [4.69, 9.17) is 16.3 Å². The molecule has 0 atom stereocenters. The number of hydrogen-bond donors (Lipinski definition) is 3. The van der Waals surface area contributed by atoms with Crippen molar-refractivity contribution in [3.8, 4) is 5.75 Å². The summed E-state index contributed by atoms with van der Waals surface area (Å²) in [5, 5.41) is 16.6. The fraction of sp³-hybridized carbons (Fsp3) is 0.250. The summed E-state index contributed by atoms with van der Waals surface area (Å²) in [6.07, 6.45) is 1.93. The van der Waals surface area contributed by atoms with Crippen LogP contribution < -0.4 is 15.6 Å². The van der Waals surface area contributed by atoms with Gasteiger partial charge in [-0.1, -0.05) is 29.8 Å². The molecular formula is C24H21ClF4N6O3. The molecule has 9 nitrogen and oxygen atoms in total. The van der Waals surface area contributed by atoms with Crippen LogP contribution in [0.15, 0.2) is 59.0 Å². The van der Waals surface area contributed by atoms with Crippen molar-refractivity contribution in [2.45, 2.75) is 12.6 Å². The summed E-state index contributed by atoms with van der Waals surface area (Å²) in [6.45, 7) is 1.80. The van der Waals surface area contributed by atoms with Crippen molar-refractivity contribution >= 4 is 35.5 Å². The van der Waals surface area contributed by atoms with Crippen molar-refractivity contribution in [1.82, 2.24) is 15.3 Å². The van der Waals surface area contributed by atoms with Crippen molar-refractivity contribution < 1.29 is 32.2 Å². The molecule has 0 radical (unpaired) electrons. The standard InChI is InChI=1S/C24H21ClF4N6O3/c25-18-11-14(22(37)32-17-3-1-2-16(4-5-17)24(27,28)29)10-15(20(18)36)12-31-34-23-30-13-19(26)21(33-23)35-6-8-38-9-7-35/h1-4,10-13,36H,5-9H2,(H,32,37)(H,30,33,34)/b31-12-. The number of alkyl halides is 3. The first-order chi connectivity index (χ1) is 18.1. The second-order valence-corrected chi connectivity index (χ2v) is 8.50. The maximum absolute atomic E-state index is 14.2. The number of aromatic nitrogens is 2. The third-order valence-electron chi connectivity index (χ3n) is 5.48. The van der Waals surface area contributed by atoms with Gasteiger partial charge in [-0.05, 0) is 18.2 Å². The number of benzene rings is 1. The van der Waals surface area contributed by atoms with Crippen LogP contribution in [-0.4, -0.2) is 59.7 Å². The second-order valence-electron chi connectivity index (χ2n) is 8.10. The molecule has 38 heavy (non-hydrogen) atoms. The highest BCUT2D eigenvalue weighted by molar-refractivity contribution is 6.33. The van der Waals surface area contributed by atoms with Crippen LogP contribution in [0.25, 0.3) is 0 Å². The molecule has 2 aromatic rings. The van der Waals surface area contributed by atoms with Gasteiger partial charge in [-0.25, -0.2) is 14.8 Å². The number of ether oxygens (including phenoxy) is 1. The smallest absolute Gasteiger partial charge is 0.416 e. The maximum Gasteiger partial charge on any atom is 0.416 e. The van der Waals surface area contributed by atoms with E-state index in [-0.39, 0.29) is 45.8 Å². The number of aromatic hydroxyl groups is 1. The summed E-state index contributed by atoms with van der Waals surface area (Å²) in [5.41, 5.74) is 2.03. The lowest BCUT2D eigenvalue weighted by molar-refractivity contribution is -0.0883. The first-order valence-corrected chi connectivity index (χ1v) is 11.6. The van der Waals surface area contributed by atoms with Gasteiger partial charge in [0.25, 0.3) is 5.91 Å². The van der Waals surface area contributed by atoms with Crippen molar-refractivity contribution in [3.63, 3.8) is 0 Å². The largest absolute Gasteiger partial charge is 0.506 e. The molecule has 0 saturated carbocycles. The minimum atomic E-state index is -4.50. The van der Waals surface area contributed by atoms with Crippen LogP contribution in [-0.2, 0) is 4.74 Å². The van der Waals surface area contributed by atoms with Crippen LogP contribution in [0.4, 0.5) is 29.3 Å². The van der Waals surface area contributed by atoms with E-state index in [9.17, 15) is 27.5 Å². The zero-order valence-electron chi connectivity index (χ0n) is 19.6. The number of nitrogens with zero attached hydrogens (tertiary/aromatic N) is 4. The molecule has 2 heterocycles. The van der Waals surface area contributed by atoms with Crippen LogP contribution in [0.2, 0.25) is 5.02 Å². The lowest BCUT2D eigenvalue weighted by atomic mass is 10.1. The molecule has 3 N–H and O–H groups in total. The summed E-state index contributed by atoms with van der Waals surface area (Å²) in [7, 11) is 0. The summed E-state index contributed by atoms with van der Waals surface area (Å²) in [4.78, 5) is 22.4. The molecule has 2 aliphatic rings. The first kappa shape index (κ1) is 27.1. The van der Waals surface area contributed by atoms with Crippen molar-refractivity contribution in [2.75, 3.05) is 36.6 Å². The number of nitrogens with one attached hydrogen (secondary N) is 2. The van der Waals surface area contributed by atoms with E-state index < -0.39 is 23.5 Å². The van der Waals surface area contributed by atoms with Crippen LogP contribution >= 0.6 is 11.6 Å². The number of carbonyl (C=O) groups is 1. The predicted octanol–water partition coefficient (Wildman–Crippen LogP) is 4.32. The SMILES string of the molecule is O=C(NC1=CC=CC(C(F)(F)F)=CC1)c1cc(Cl)c(O)c(/C=N\Nc2ncc(F)c(N3CCOCC3)n2)c1. The molecule has 4 rings (SSSR count). The number of phenolic OH excluding ortho intramolecular Hbond substituents is 1. The first-order valence-electron chi connectivity index (χ1n) is 11.2. The second kappa shape index (κ2) is 11.6. The van der Waals surface area contributed by atoms with Gasteiger partial charge in [0.15, 0.2) is 11.6 Å². The Morgan fingerprint density at radius 1 is 1.26 bits per heavy atom. The van der Waals surface area contributed by atoms with Crippen molar-refractivity contribution in [3.05, 3.63) is 75.9 Å². The maximum atomic E-state index is 14.2. The summed E-state index contributed by atoms with van der Waals surface area (Å²) >= 11 is 6.07. The summed E-state index contributed by atoms with van der Waals surface area (Å²) in [5.74, 6) is -1.55. The number of hydrogen-bond acceptors (Lipinski definition) is 8. The molecule has 1 saturated heterocycles. The number of allylic oxidation sites excluding steroid dienone is 5. The number of carbonyl (C=O) groups excluding carboxylic acids is 1. The van der Waals surface area contributed by atoms with Gasteiger partial charge in [-0.15, -0.1) is 0 Å². The molecule has 1 aliphatic heterocycles. The Labute approximate surface area is 219 Å². The third kappa shape index (κ3) is 6.66. The summed E-state index contributed by atoms with van der Waals surface area (Å²) in [6, 6.07) is 2.50. The molecule has 200 valence electrons. The quantitative estimate of drug-likeness (QED) is 0.278. The molecule has 14 heteroatoms. The Morgan fingerprint density at radius 2 is 2.03 bits per heavy atom. The zero-order valence-corrected chi connectivity index (χ0v) is 20.4. The molecule has 1 fully saturated rings. The fourth-order valence-electron chi connectivity index (χ4n) is 3.56. The average molecular weight is 553 g/mol. The molecular weight excluding hydrogens is 532 g/mol. The zero-order chi connectivity index (χ0) is 27.3. The topological polar surface area (TPSA) is 112 Å². The van der Waals surface area contributed by atoms with Gasteiger partial charge in [0, 0.05) is 36.3 Å². The summed E-state index contributed by atoms with van der Waals surface area (Å²) < 4.78 is 58.2. The highest BCUT2D eigenvalue weighted by Gasteiger charge is 2.31. The number of rotatable bonds is 6. The Balaban J connectivity index is 1.46. The van der Waals surface area contributed by atoms with E-state index in [1.807, 2.05) is 0 Å². The molecule has 1 aromatic carbocycles. The lowest BCUT2D eigenvalue weighted by Gasteiger charge is -2.27. The van der Waals surface area contributed by atoms with E-state index in [0.717, 1.165) is 24.6 Å². The number of halogens is 5. The normalized spacial score (nSPS) is 16.2. The Morgan fingerprint density at radius 3 is 2.76 bits per heavy atom. The average Bonchev–Trinajstić information content (AvgIpc) is 3.13. The van der Waals surface area contributed by atoms with Gasteiger partial charge >= 0.3 is 6.18 Å². The van der Waals surface area contributed by atoms with E-state index in [1.54, 1.807) is 4.90 Å². The van der Waals surface area contributed by atoms with Crippen molar-refractivity contribution in [2.24, 2.45) is 5.10 Å². The molecule has 0 bridgehead atoms. The van der Waals surface area contributed by atoms with Crippen LogP contribution in [0.1, 0.15) is 22.3 Å². The fourth-order valence-corrected chi connectivity index (χ4v) is 3.79. The van der Waals surface area contributed by atoms with Gasteiger partial charge in [0.1, 0.15) is 5.75 Å². The van der Waals surface area contributed by atoms with Gasteiger partial charge in [-0.2, -0.15) is 23.3 Å².